The molecular formula is C16H16N2O. The number of aryl methyl sites for hydroxylation is 2. The molecule has 1 amide bonds. The van der Waals surface area contributed by atoms with Crippen LogP contribution in [0.25, 0.3) is 6.08 Å². The van der Waals surface area contributed by atoms with Gasteiger partial charge in [0.25, 0.3) is 0 Å². The summed E-state index contributed by atoms with van der Waals surface area (Å²) in [7, 11) is 0. The third kappa shape index (κ3) is 3.78. The molecule has 19 heavy (non-hydrogen) atoms. The highest BCUT2D eigenvalue weighted by Crippen LogP contribution is 2.15. The zero-order valence-corrected chi connectivity index (χ0v) is 11.1. The van der Waals surface area contributed by atoms with Crippen LogP contribution in [0.4, 0.5) is 5.69 Å². The molecule has 96 valence electrons. The van der Waals surface area contributed by atoms with Crippen molar-refractivity contribution >= 4 is 17.7 Å². The molecule has 0 atom stereocenters. The largest absolute Gasteiger partial charge is 0.322 e. The minimum absolute atomic E-state index is 0.143. The standard InChI is InChI=1S/C16H16N2O/c1-12-5-7-15(13(2)10-12)18-16(19)8-6-14-4-3-9-17-11-14/h3-11H,1-2H3,(H,18,19)/b8-6+. The van der Waals surface area contributed by atoms with Crippen LogP contribution in [-0.4, -0.2) is 10.9 Å². The molecule has 2 rings (SSSR count). The fraction of sp³-hybridized carbons (Fsp3) is 0.125. The number of hydrogen-bond donors (Lipinski definition) is 1. The van der Waals surface area contributed by atoms with Gasteiger partial charge in [0, 0.05) is 24.2 Å². The van der Waals surface area contributed by atoms with Crippen molar-refractivity contribution in [1.82, 2.24) is 4.98 Å². The van der Waals surface area contributed by atoms with E-state index in [1.807, 2.05) is 44.2 Å². The lowest BCUT2D eigenvalue weighted by Crippen LogP contribution is -2.08. The van der Waals surface area contributed by atoms with E-state index in [4.69, 9.17) is 0 Å². The quantitative estimate of drug-likeness (QED) is 0.851. The number of hydrogen-bond acceptors (Lipinski definition) is 2. The second-order valence-corrected chi connectivity index (χ2v) is 4.43. The highest BCUT2D eigenvalue weighted by molar-refractivity contribution is 6.02. The molecule has 0 spiro atoms. The summed E-state index contributed by atoms with van der Waals surface area (Å²) in [4.78, 5) is 15.8. The van der Waals surface area contributed by atoms with Crippen LogP contribution in [0.15, 0.2) is 48.8 Å². The molecule has 0 aliphatic carbocycles. The predicted octanol–water partition coefficient (Wildman–Crippen LogP) is 3.35. The van der Waals surface area contributed by atoms with Gasteiger partial charge >= 0.3 is 0 Å². The number of nitrogens with zero attached hydrogens (tertiary/aromatic N) is 1. The Kier molecular flexibility index (Phi) is 4.08. The highest BCUT2D eigenvalue weighted by Gasteiger charge is 2.01. The topological polar surface area (TPSA) is 42.0 Å². The molecule has 0 fully saturated rings. The summed E-state index contributed by atoms with van der Waals surface area (Å²) in [5.74, 6) is -0.143. The van der Waals surface area contributed by atoms with Crippen molar-refractivity contribution in [2.75, 3.05) is 5.32 Å². The lowest BCUT2D eigenvalue weighted by Gasteiger charge is -2.06. The Morgan fingerprint density at radius 1 is 1.26 bits per heavy atom. The van der Waals surface area contributed by atoms with E-state index < -0.39 is 0 Å². The van der Waals surface area contributed by atoms with Crippen LogP contribution in [0.3, 0.4) is 0 Å². The Bertz CT molecular complexity index is 603. The average molecular weight is 252 g/mol. The normalized spacial score (nSPS) is 10.6. The van der Waals surface area contributed by atoms with E-state index in [1.54, 1.807) is 18.5 Å². The molecule has 0 saturated carbocycles. The van der Waals surface area contributed by atoms with Gasteiger partial charge in [0.1, 0.15) is 0 Å². The van der Waals surface area contributed by atoms with Gasteiger partial charge in [-0.15, -0.1) is 0 Å². The predicted molar refractivity (Wildman–Crippen MR) is 77.8 cm³/mol. The van der Waals surface area contributed by atoms with E-state index in [9.17, 15) is 4.79 Å². The summed E-state index contributed by atoms with van der Waals surface area (Å²) in [5, 5.41) is 2.86. The second-order valence-electron chi connectivity index (χ2n) is 4.43. The number of benzene rings is 1. The smallest absolute Gasteiger partial charge is 0.248 e. The SMILES string of the molecule is Cc1ccc(NC(=O)/C=C/c2cccnc2)c(C)c1. The first kappa shape index (κ1) is 13.0. The molecule has 0 radical (unpaired) electrons. The number of anilines is 1. The Hall–Kier alpha value is -2.42. The number of carbonyl (C=O) groups excluding carboxylic acids is 1. The minimum Gasteiger partial charge on any atom is -0.322 e. The van der Waals surface area contributed by atoms with Gasteiger partial charge in [-0.1, -0.05) is 23.8 Å². The van der Waals surface area contributed by atoms with E-state index in [0.29, 0.717) is 0 Å². The summed E-state index contributed by atoms with van der Waals surface area (Å²) in [6.45, 7) is 4.01. The Morgan fingerprint density at radius 3 is 2.79 bits per heavy atom. The molecule has 0 saturated heterocycles. The van der Waals surface area contributed by atoms with Crippen molar-refractivity contribution in [2.24, 2.45) is 0 Å². The Morgan fingerprint density at radius 2 is 2.11 bits per heavy atom. The molecular weight excluding hydrogens is 236 g/mol. The van der Waals surface area contributed by atoms with Crippen molar-refractivity contribution in [1.29, 1.82) is 0 Å². The zero-order chi connectivity index (χ0) is 13.7. The molecule has 0 aliphatic rings. The van der Waals surface area contributed by atoms with Gasteiger partial charge in [-0.3, -0.25) is 9.78 Å². The van der Waals surface area contributed by atoms with Gasteiger partial charge < -0.3 is 5.32 Å². The lowest BCUT2D eigenvalue weighted by atomic mass is 10.1. The van der Waals surface area contributed by atoms with Crippen LogP contribution in [-0.2, 0) is 4.79 Å². The third-order valence-electron chi connectivity index (χ3n) is 2.75. The first-order valence-electron chi connectivity index (χ1n) is 6.11. The number of nitrogens with one attached hydrogen (secondary N) is 1. The summed E-state index contributed by atoms with van der Waals surface area (Å²) in [6.07, 6.45) is 6.66. The number of amides is 1. The van der Waals surface area contributed by atoms with Gasteiger partial charge in [-0.05, 0) is 43.2 Å². The molecule has 0 unspecified atom stereocenters. The zero-order valence-electron chi connectivity index (χ0n) is 11.1. The molecule has 1 aromatic heterocycles. The highest BCUT2D eigenvalue weighted by atomic mass is 16.1. The maximum atomic E-state index is 11.8. The summed E-state index contributed by atoms with van der Waals surface area (Å²) < 4.78 is 0. The molecule has 3 heteroatoms. The van der Waals surface area contributed by atoms with Crippen molar-refractivity contribution in [3.8, 4) is 0 Å². The Labute approximate surface area is 113 Å². The van der Waals surface area contributed by atoms with Gasteiger partial charge in [-0.2, -0.15) is 0 Å². The summed E-state index contributed by atoms with van der Waals surface area (Å²) in [6, 6.07) is 9.67. The van der Waals surface area contributed by atoms with Crippen LogP contribution < -0.4 is 5.32 Å². The second kappa shape index (κ2) is 5.96. The first-order chi connectivity index (χ1) is 9.15. The van der Waals surface area contributed by atoms with Gasteiger partial charge in [0.05, 0.1) is 0 Å². The molecule has 1 heterocycles. The van der Waals surface area contributed by atoms with Crippen LogP contribution >= 0.6 is 0 Å². The first-order valence-corrected chi connectivity index (χ1v) is 6.11. The molecule has 1 N–H and O–H groups in total. The molecule has 1 aromatic carbocycles. The maximum absolute atomic E-state index is 11.8. The number of aromatic nitrogens is 1. The number of carbonyl (C=O) groups is 1. The van der Waals surface area contributed by atoms with E-state index in [0.717, 1.165) is 16.8 Å². The van der Waals surface area contributed by atoms with Gasteiger partial charge in [0.15, 0.2) is 0 Å². The van der Waals surface area contributed by atoms with Crippen molar-refractivity contribution in [2.45, 2.75) is 13.8 Å². The summed E-state index contributed by atoms with van der Waals surface area (Å²) >= 11 is 0. The summed E-state index contributed by atoms with van der Waals surface area (Å²) in [5.41, 5.74) is 3.98. The lowest BCUT2D eigenvalue weighted by molar-refractivity contribution is -0.111. The van der Waals surface area contributed by atoms with Crippen molar-refractivity contribution in [3.05, 3.63) is 65.5 Å². The average Bonchev–Trinajstić information content (AvgIpc) is 2.41. The van der Waals surface area contributed by atoms with Crippen LogP contribution in [0.2, 0.25) is 0 Å². The number of rotatable bonds is 3. The molecule has 2 aromatic rings. The monoisotopic (exact) mass is 252 g/mol. The molecule has 3 nitrogen and oxygen atoms in total. The minimum atomic E-state index is -0.143. The third-order valence-corrected chi connectivity index (χ3v) is 2.75. The fourth-order valence-electron chi connectivity index (χ4n) is 1.77. The molecule has 0 aliphatic heterocycles. The Balaban J connectivity index is 2.04. The van der Waals surface area contributed by atoms with Crippen LogP contribution in [0, 0.1) is 13.8 Å². The number of pyridine rings is 1. The van der Waals surface area contributed by atoms with E-state index >= 15 is 0 Å². The maximum Gasteiger partial charge on any atom is 0.248 e. The van der Waals surface area contributed by atoms with Crippen LogP contribution in [0.5, 0.6) is 0 Å². The van der Waals surface area contributed by atoms with E-state index in [2.05, 4.69) is 10.3 Å². The van der Waals surface area contributed by atoms with Gasteiger partial charge in [0.2, 0.25) is 5.91 Å². The van der Waals surface area contributed by atoms with Crippen molar-refractivity contribution in [3.63, 3.8) is 0 Å². The van der Waals surface area contributed by atoms with Crippen molar-refractivity contribution < 1.29 is 4.79 Å². The van der Waals surface area contributed by atoms with E-state index in [1.165, 1.54) is 11.6 Å². The molecule has 0 bridgehead atoms. The van der Waals surface area contributed by atoms with Crippen LogP contribution in [0.1, 0.15) is 16.7 Å². The fourth-order valence-corrected chi connectivity index (χ4v) is 1.77. The van der Waals surface area contributed by atoms with Gasteiger partial charge in [-0.25, -0.2) is 0 Å². The van der Waals surface area contributed by atoms with E-state index in [-0.39, 0.29) is 5.91 Å².